The number of benzene rings is 2. The van der Waals surface area contributed by atoms with E-state index in [0.29, 0.717) is 21.6 Å². The van der Waals surface area contributed by atoms with Gasteiger partial charge in [-0.2, -0.15) is 0 Å². The van der Waals surface area contributed by atoms with Crippen molar-refractivity contribution in [1.29, 1.82) is 0 Å². The number of terminal acetylenes is 1. The summed E-state index contributed by atoms with van der Waals surface area (Å²) in [4.78, 5) is 16.1. The first-order valence-electron chi connectivity index (χ1n) is 7.77. The lowest BCUT2D eigenvalue weighted by Gasteiger charge is -2.16. The number of likely N-dealkylation sites (N-methyl/N-ethyl adjacent to an activating group) is 1. The van der Waals surface area contributed by atoms with E-state index in [4.69, 9.17) is 35.0 Å². The molecule has 1 amide bonds. The Morgan fingerprint density at radius 1 is 1.27 bits per heavy atom. The Hall–Kier alpha value is -2.81. The molecular weight excluding hydrogens is 368 g/mol. The molecule has 1 aliphatic rings. The molecular formula is C20H15ClN2O2S. The number of halogens is 1. The van der Waals surface area contributed by atoms with Crippen molar-refractivity contribution >= 4 is 46.6 Å². The Labute approximate surface area is 162 Å². The molecule has 3 rings (SSSR count). The van der Waals surface area contributed by atoms with Crippen LogP contribution in [0, 0.1) is 12.3 Å². The smallest absolute Gasteiger partial charge is 0.281 e. The van der Waals surface area contributed by atoms with Gasteiger partial charge in [0.25, 0.3) is 5.91 Å². The zero-order valence-corrected chi connectivity index (χ0v) is 15.6. The molecule has 26 heavy (non-hydrogen) atoms. The normalized spacial score (nSPS) is 15.5. The SMILES string of the molecule is C#CCOc1ccc(/C=C2/C(=O)N(c3ccccc3)C(=S)N2C)cc1Cl. The van der Waals surface area contributed by atoms with Crippen molar-refractivity contribution in [1.82, 2.24) is 4.90 Å². The maximum atomic E-state index is 12.9. The minimum absolute atomic E-state index is 0.141. The third-order valence-electron chi connectivity index (χ3n) is 3.85. The van der Waals surface area contributed by atoms with E-state index >= 15 is 0 Å². The number of ether oxygens (including phenoxy) is 1. The summed E-state index contributed by atoms with van der Waals surface area (Å²) in [6.45, 7) is 0.141. The number of carbonyl (C=O) groups excluding carboxylic acids is 1. The van der Waals surface area contributed by atoms with Gasteiger partial charge in [-0.15, -0.1) is 6.42 Å². The van der Waals surface area contributed by atoms with Gasteiger partial charge < -0.3 is 9.64 Å². The Bertz CT molecular complexity index is 935. The van der Waals surface area contributed by atoms with Crippen LogP contribution in [0.2, 0.25) is 5.02 Å². The third kappa shape index (κ3) is 3.43. The Morgan fingerprint density at radius 2 is 2.00 bits per heavy atom. The van der Waals surface area contributed by atoms with E-state index < -0.39 is 0 Å². The van der Waals surface area contributed by atoms with Crippen molar-refractivity contribution < 1.29 is 9.53 Å². The number of hydrogen-bond donors (Lipinski definition) is 0. The van der Waals surface area contributed by atoms with E-state index in [-0.39, 0.29) is 12.5 Å². The average molecular weight is 383 g/mol. The highest BCUT2D eigenvalue weighted by atomic mass is 35.5. The maximum Gasteiger partial charge on any atom is 0.281 e. The standard InChI is InChI=1S/C20H15ClN2O2S/c1-3-11-25-18-10-9-14(12-16(18)21)13-17-19(24)23(20(26)22(17)2)15-7-5-4-6-8-15/h1,4-10,12-13H,11H2,2H3/b17-13-. The van der Waals surface area contributed by atoms with Crippen LogP contribution in [0.1, 0.15) is 5.56 Å². The number of amides is 1. The lowest BCUT2D eigenvalue weighted by molar-refractivity contribution is -0.114. The fourth-order valence-corrected chi connectivity index (χ4v) is 3.09. The van der Waals surface area contributed by atoms with Crippen LogP contribution < -0.4 is 9.64 Å². The van der Waals surface area contributed by atoms with Crippen LogP contribution in [0.5, 0.6) is 5.75 Å². The van der Waals surface area contributed by atoms with E-state index in [1.54, 1.807) is 36.2 Å². The molecule has 6 heteroatoms. The first kappa shape index (κ1) is 18.0. The van der Waals surface area contributed by atoms with Gasteiger partial charge in [-0.25, -0.2) is 0 Å². The minimum atomic E-state index is -0.188. The van der Waals surface area contributed by atoms with Crippen LogP contribution in [0.4, 0.5) is 5.69 Å². The van der Waals surface area contributed by atoms with E-state index in [1.807, 2.05) is 30.3 Å². The average Bonchev–Trinajstić information content (AvgIpc) is 2.85. The number of nitrogens with zero attached hydrogens (tertiary/aromatic N) is 2. The molecule has 1 fully saturated rings. The quantitative estimate of drug-likeness (QED) is 0.455. The van der Waals surface area contributed by atoms with Crippen LogP contribution in [-0.2, 0) is 4.79 Å². The van der Waals surface area contributed by atoms with E-state index in [0.717, 1.165) is 11.3 Å². The molecule has 0 aromatic heterocycles. The van der Waals surface area contributed by atoms with Gasteiger partial charge in [-0.3, -0.25) is 9.69 Å². The lowest BCUT2D eigenvalue weighted by atomic mass is 10.1. The fraction of sp³-hybridized carbons (Fsp3) is 0.100. The van der Waals surface area contributed by atoms with Crippen molar-refractivity contribution in [2.75, 3.05) is 18.6 Å². The van der Waals surface area contributed by atoms with E-state index in [1.165, 1.54) is 4.90 Å². The highest BCUT2D eigenvalue weighted by Crippen LogP contribution is 2.30. The molecule has 0 bridgehead atoms. The zero-order chi connectivity index (χ0) is 18.7. The van der Waals surface area contributed by atoms with Gasteiger partial charge in [0.05, 0.1) is 10.7 Å². The van der Waals surface area contributed by atoms with Crippen LogP contribution >= 0.6 is 23.8 Å². The number of carbonyl (C=O) groups is 1. The molecule has 1 heterocycles. The molecule has 1 aliphatic heterocycles. The number of hydrogen-bond acceptors (Lipinski definition) is 3. The van der Waals surface area contributed by atoms with Crippen LogP contribution in [0.3, 0.4) is 0 Å². The summed E-state index contributed by atoms with van der Waals surface area (Å²) in [5.41, 5.74) is 1.96. The molecule has 0 unspecified atom stereocenters. The van der Waals surface area contributed by atoms with Gasteiger partial charge in [-0.1, -0.05) is 41.8 Å². The summed E-state index contributed by atoms with van der Waals surface area (Å²) >= 11 is 11.7. The van der Waals surface area contributed by atoms with Crippen LogP contribution in [0.25, 0.3) is 6.08 Å². The highest BCUT2D eigenvalue weighted by Gasteiger charge is 2.36. The molecule has 0 aliphatic carbocycles. The summed E-state index contributed by atoms with van der Waals surface area (Å²) in [5.74, 6) is 2.70. The highest BCUT2D eigenvalue weighted by molar-refractivity contribution is 7.80. The van der Waals surface area contributed by atoms with E-state index in [9.17, 15) is 4.79 Å². The first-order valence-corrected chi connectivity index (χ1v) is 8.56. The summed E-state index contributed by atoms with van der Waals surface area (Å²) in [6, 6.07) is 14.5. The molecule has 0 radical (unpaired) electrons. The summed E-state index contributed by atoms with van der Waals surface area (Å²) < 4.78 is 5.35. The summed E-state index contributed by atoms with van der Waals surface area (Å²) in [7, 11) is 1.76. The zero-order valence-electron chi connectivity index (χ0n) is 14.0. The van der Waals surface area contributed by atoms with Crippen molar-refractivity contribution in [2.45, 2.75) is 0 Å². The fourth-order valence-electron chi connectivity index (χ4n) is 2.56. The molecule has 2 aromatic carbocycles. The predicted molar refractivity (Wildman–Crippen MR) is 108 cm³/mol. The van der Waals surface area contributed by atoms with Gasteiger partial charge in [0.15, 0.2) is 5.11 Å². The molecule has 0 saturated carbocycles. The van der Waals surface area contributed by atoms with Crippen molar-refractivity contribution in [3.05, 3.63) is 64.8 Å². The minimum Gasteiger partial charge on any atom is -0.479 e. The first-order chi connectivity index (χ1) is 12.5. The van der Waals surface area contributed by atoms with Gasteiger partial charge in [-0.05, 0) is 48.1 Å². The lowest BCUT2D eigenvalue weighted by Crippen LogP contribution is -2.30. The maximum absolute atomic E-state index is 12.9. The molecule has 2 aromatic rings. The van der Waals surface area contributed by atoms with Crippen LogP contribution in [-0.4, -0.2) is 29.6 Å². The van der Waals surface area contributed by atoms with Gasteiger partial charge in [0, 0.05) is 7.05 Å². The molecule has 0 spiro atoms. The van der Waals surface area contributed by atoms with Crippen LogP contribution in [0.15, 0.2) is 54.2 Å². The predicted octanol–water partition coefficient (Wildman–Crippen LogP) is 3.96. The summed E-state index contributed by atoms with van der Waals surface area (Å²) in [5, 5.41) is 0.845. The third-order valence-corrected chi connectivity index (χ3v) is 4.60. The Morgan fingerprint density at radius 3 is 2.65 bits per heavy atom. The van der Waals surface area contributed by atoms with Crippen molar-refractivity contribution in [3.63, 3.8) is 0 Å². The second kappa shape index (κ2) is 7.61. The Balaban J connectivity index is 1.91. The van der Waals surface area contributed by atoms with Gasteiger partial charge >= 0.3 is 0 Å². The molecule has 0 atom stereocenters. The second-order valence-corrected chi connectivity index (χ2v) is 6.30. The monoisotopic (exact) mass is 382 g/mol. The van der Waals surface area contributed by atoms with Gasteiger partial charge in [0.2, 0.25) is 0 Å². The number of anilines is 1. The largest absolute Gasteiger partial charge is 0.479 e. The van der Waals surface area contributed by atoms with E-state index in [2.05, 4.69) is 5.92 Å². The second-order valence-electron chi connectivity index (χ2n) is 5.53. The topological polar surface area (TPSA) is 32.8 Å². The molecule has 0 N–H and O–H groups in total. The number of thiocarbonyl (C=S) groups is 1. The summed E-state index contributed by atoms with van der Waals surface area (Å²) in [6.07, 6.45) is 6.93. The Kier molecular flexibility index (Phi) is 5.27. The molecule has 130 valence electrons. The molecule has 1 saturated heterocycles. The van der Waals surface area contributed by atoms with Gasteiger partial charge in [0.1, 0.15) is 18.1 Å². The van der Waals surface area contributed by atoms with Crippen molar-refractivity contribution in [2.24, 2.45) is 0 Å². The van der Waals surface area contributed by atoms with Crippen molar-refractivity contribution in [3.8, 4) is 18.1 Å². The molecule has 4 nitrogen and oxygen atoms in total. The number of rotatable bonds is 4. The number of para-hydroxylation sites is 1.